The summed E-state index contributed by atoms with van der Waals surface area (Å²) >= 11 is 0. The van der Waals surface area contributed by atoms with Gasteiger partial charge < -0.3 is 4.74 Å². The summed E-state index contributed by atoms with van der Waals surface area (Å²) in [7, 11) is -2.51. The van der Waals surface area contributed by atoms with E-state index in [2.05, 4.69) is 15.6 Å². The summed E-state index contributed by atoms with van der Waals surface area (Å²) in [6.45, 7) is 0. The third kappa shape index (κ3) is 6.46. The molecule has 3 rings (SSSR count). The lowest BCUT2D eigenvalue weighted by Crippen LogP contribution is -2.41. The number of hydrazine groups is 1. The van der Waals surface area contributed by atoms with Gasteiger partial charge in [0.25, 0.3) is 15.9 Å². The van der Waals surface area contributed by atoms with E-state index in [9.17, 15) is 18.0 Å². The van der Waals surface area contributed by atoms with Gasteiger partial charge in [0.05, 0.1) is 17.7 Å². The van der Waals surface area contributed by atoms with Crippen LogP contribution in [-0.2, 0) is 14.8 Å². The highest BCUT2D eigenvalue weighted by Crippen LogP contribution is 2.27. The molecule has 2 aromatic carbocycles. The largest absolute Gasteiger partial charge is 0.495 e. The second kappa shape index (κ2) is 11.0. The van der Waals surface area contributed by atoms with Crippen LogP contribution in [0.25, 0.3) is 0 Å². The molecular weight excluding hydrogens is 430 g/mol. The smallest absolute Gasteiger partial charge is 0.269 e. The van der Waals surface area contributed by atoms with Gasteiger partial charge in [0.1, 0.15) is 5.75 Å². The van der Waals surface area contributed by atoms with Crippen LogP contribution in [0.15, 0.2) is 53.4 Å². The molecule has 0 heterocycles. The number of para-hydroxylation sites is 2. The predicted octanol–water partition coefficient (Wildman–Crippen LogP) is 3.62. The molecule has 0 unspecified atom stereocenters. The summed E-state index contributed by atoms with van der Waals surface area (Å²) in [5.41, 5.74) is 5.17. The van der Waals surface area contributed by atoms with E-state index in [1.165, 1.54) is 50.6 Å². The molecule has 172 valence electrons. The highest BCUT2D eigenvalue weighted by atomic mass is 32.2. The molecule has 0 radical (unpaired) electrons. The van der Waals surface area contributed by atoms with Gasteiger partial charge in [-0.15, -0.1) is 0 Å². The van der Waals surface area contributed by atoms with Crippen LogP contribution in [0.1, 0.15) is 55.3 Å². The highest BCUT2D eigenvalue weighted by Gasteiger charge is 2.19. The van der Waals surface area contributed by atoms with Crippen molar-refractivity contribution < 1.29 is 22.7 Å². The normalized spacial score (nSPS) is 14.4. The van der Waals surface area contributed by atoms with Crippen LogP contribution < -0.4 is 20.3 Å². The van der Waals surface area contributed by atoms with Crippen molar-refractivity contribution in [1.29, 1.82) is 0 Å². The highest BCUT2D eigenvalue weighted by molar-refractivity contribution is 7.92. The summed E-state index contributed by atoms with van der Waals surface area (Å²) in [5.74, 6) is 0.0969. The molecule has 2 aromatic rings. The van der Waals surface area contributed by atoms with E-state index in [0.29, 0.717) is 18.1 Å². The number of carbonyl (C=O) groups excluding carboxylic acids is 2. The molecule has 1 fully saturated rings. The molecule has 0 saturated heterocycles. The van der Waals surface area contributed by atoms with E-state index < -0.39 is 15.9 Å². The molecule has 3 N–H and O–H groups in total. The van der Waals surface area contributed by atoms with E-state index in [4.69, 9.17) is 4.74 Å². The third-order valence-electron chi connectivity index (χ3n) is 5.58. The maximum Gasteiger partial charge on any atom is 0.269 e. The Labute approximate surface area is 188 Å². The van der Waals surface area contributed by atoms with Crippen molar-refractivity contribution in [3.63, 3.8) is 0 Å². The van der Waals surface area contributed by atoms with Crippen molar-refractivity contribution in [2.45, 2.75) is 49.8 Å². The zero-order valence-electron chi connectivity index (χ0n) is 18.1. The van der Waals surface area contributed by atoms with E-state index in [1.54, 1.807) is 24.3 Å². The van der Waals surface area contributed by atoms with Crippen molar-refractivity contribution in [1.82, 2.24) is 10.9 Å². The second-order valence-corrected chi connectivity index (χ2v) is 9.56. The Bertz CT molecular complexity index is 1050. The number of hydrogen-bond donors (Lipinski definition) is 3. The van der Waals surface area contributed by atoms with E-state index in [0.717, 1.165) is 19.3 Å². The Kier molecular flexibility index (Phi) is 8.10. The Hall–Kier alpha value is -3.07. The molecule has 0 spiro atoms. The monoisotopic (exact) mass is 459 g/mol. The van der Waals surface area contributed by atoms with Crippen LogP contribution in [-0.4, -0.2) is 27.3 Å². The second-order valence-electron chi connectivity index (χ2n) is 7.88. The van der Waals surface area contributed by atoms with E-state index in [1.807, 2.05) is 0 Å². The number of nitrogens with one attached hydrogen (secondary N) is 3. The predicted molar refractivity (Wildman–Crippen MR) is 122 cm³/mol. The topological polar surface area (TPSA) is 114 Å². The summed E-state index contributed by atoms with van der Waals surface area (Å²) < 4.78 is 33.2. The molecule has 0 aromatic heterocycles. The number of rotatable bonds is 8. The van der Waals surface area contributed by atoms with Crippen LogP contribution in [0, 0.1) is 5.92 Å². The number of sulfonamides is 1. The van der Waals surface area contributed by atoms with Crippen molar-refractivity contribution in [3.8, 4) is 5.75 Å². The van der Waals surface area contributed by atoms with Gasteiger partial charge in [-0.2, -0.15) is 0 Å². The molecule has 1 aliphatic rings. The molecule has 9 heteroatoms. The minimum atomic E-state index is -3.95. The van der Waals surface area contributed by atoms with Gasteiger partial charge >= 0.3 is 0 Å². The van der Waals surface area contributed by atoms with Gasteiger partial charge in [-0.1, -0.05) is 50.3 Å². The lowest BCUT2D eigenvalue weighted by Gasteiger charge is -2.21. The summed E-state index contributed by atoms with van der Waals surface area (Å²) in [4.78, 5) is 24.4. The molecule has 1 aliphatic carbocycles. The van der Waals surface area contributed by atoms with Crippen molar-refractivity contribution in [3.05, 3.63) is 54.1 Å². The molecule has 2 amide bonds. The number of amides is 2. The van der Waals surface area contributed by atoms with Crippen LogP contribution in [0.4, 0.5) is 5.69 Å². The zero-order valence-corrected chi connectivity index (χ0v) is 18.9. The first-order valence-electron chi connectivity index (χ1n) is 10.7. The molecule has 8 nitrogen and oxygen atoms in total. The maximum atomic E-state index is 12.8. The number of methoxy groups -OCH3 is 1. The standard InChI is InChI=1S/C23H29N3O5S/c1-31-21-13-6-5-12-20(21)26-32(29,30)19-11-7-10-18(16-19)23(28)25-24-22(27)15-14-17-8-3-2-4-9-17/h5-7,10-13,16-17,26H,2-4,8-9,14-15H2,1H3,(H,24,27)(H,25,28). The summed E-state index contributed by atoms with van der Waals surface area (Å²) in [6.07, 6.45) is 7.17. The maximum absolute atomic E-state index is 12.8. The third-order valence-corrected chi connectivity index (χ3v) is 6.94. The average Bonchev–Trinajstić information content (AvgIpc) is 2.82. The number of ether oxygens (including phenoxy) is 1. The quantitative estimate of drug-likeness (QED) is 0.522. The average molecular weight is 460 g/mol. The fourth-order valence-electron chi connectivity index (χ4n) is 3.81. The summed E-state index contributed by atoms with van der Waals surface area (Å²) in [6, 6.07) is 12.2. The number of hydrogen-bond acceptors (Lipinski definition) is 5. The number of benzene rings is 2. The lowest BCUT2D eigenvalue weighted by atomic mass is 9.86. The van der Waals surface area contributed by atoms with Crippen LogP contribution >= 0.6 is 0 Å². The van der Waals surface area contributed by atoms with Crippen molar-refractivity contribution in [2.24, 2.45) is 5.92 Å². The van der Waals surface area contributed by atoms with Crippen LogP contribution in [0.2, 0.25) is 0 Å². The SMILES string of the molecule is COc1ccccc1NS(=O)(=O)c1cccc(C(=O)NNC(=O)CCC2CCCCC2)c1. The van der Waals surface area contributed by atoms with Crippen LogP contribution in [0.3, 0.4) is 0 Å². The number of anilines is 1. The Morgan fingerprint density at radius 1 is 1.00 bits per heavy atom. The first-order chi connectivity index (χ1) is 15.4. The first kappa shape index (κ1) is 23.6. The van der Waals surface area contributed by atoms with Crippen molar-refractivity contribution in [2.75, 3.05) is 11.8 Å². The minimum absolute atomic E-state index is 0.0836. The Balaban J connectivity index is 1.58. The number of carbonyl (C=O) groups is 2. The van der Waals surface area contributed by atoms with Gasteiger partial charge in [-0.05, 0) is 42.7 Å². The summed E-state index contributed by atoms with van der Waals surface area (Å²) in [5, 5.41) is 0. The fourth-order valence-corrected chi connectivity index (χ4v) is 4.93. The molecule has 0 atom stereocenters. The van der Waals surface area contributed by atoms with Gasteiger partial charge in [-0.3, -0.25) is 25.2 Å². The van der Waals surface area contributed by atoms with Gasteiger partial charge in [0.15, 0.2) is 0 Å². The van der Waals surface area contributed by atoms with Gasteiger partial charge in [0.2, 0.25) is 5.91 Å². The molecule has 32 heavy (non-hydrogen) atoms. The van der Waals surface area contributed by atoms with E-state index in [-0.39, 0.29) is 22.1 Å². The van der Waals surface area contributed by atoms with Gasteiger partial charge in [-0.25, -0.2) is 8.42 Å². The molecular formula is C23H29N3O5S. The van der Waals surface area contributed by atoms with E-state index >= 15 is 0 Å². The Morgan fingerprint density at radius 3 is 2.50 bits per heavy atom. The molecule has 0 aliphatic heterocycles. The minimum Gasteiger partial charge on any atom is -0.495 e. The zero-order chi connectivity index (χ0) is 23.0. The van der Waals surface area contributed by atoms with Crippen molar-refractivity contribution >= 4 is 27.5 Å². The van der Waals surface area contributed by atoms with Gasteiger partial charge in [0, 0.05) is 12.0 Å². The molecule has 1 saturated carbocycles. The van der Waals surface area contributed by atoms with Crippen LogP contribution in [0.5, 0.6) is 5.75 Å². The lowest BCUT2D eigenvalue weighted by molar-refractivity contribution is -0.122. The molecule has 0 bridgehead atoms. The first-order valence-corrected chi connectivity index (χ1v) is 12.2. The Morgan fingerprint density at radius 2 is 1.75 bits per heavy atom. The fraction of sp³-hybridized carbons (Fsp3) is 0.391.